The number of aromatic nitrogens is 2. The third-order valence-corrected chi connectivity index (χ3v) is 8.64. The fourth-order valence-electron chi connectivity index (χ4n) is 4.02. The summed E-state index contributed by atoms with van der Waals surface area (Å²) in [5.74, 6) is 0.224. The molecule has 1 amide bonds. The third kappa shape index (κ3) is 6.07. The van der Waals surface area contributed by atoms with Gasteiger partial charge in [-0.25, -0.2) is 8.42 Å². The standard InChI is InChI=1S/C25H28ClN5O3S2/c1-3-6-19-9-5-10-20-24(19)25(30-36(33,34)23-12-11-21(26)35-23)29-31(20)16-18-8-4-7-17(13-18)14-28-22(32)15-27-2/h4-5,7-13,27H,3,6,14-16H2,1-2H3,(H,28,32)(H,29,30). The molecule has 0 atom stereocenters. The van der Waals surface area contributed by atoms with Crippen molar-refractivity contribution in [2.24, 2.45) is 0 Å². The minimum atomic E-state index is -3.84. The monoisotopic (exact) mass is 545 g/mol. The Balaban J connectivity index is 1.67. The number of amides is 1. The normalized spacial score (nSPS) is 11.6. The maximum absolute atomic E-state index is 13.1. The summed E-state index contributed by atoms with van der Waals surface area (Å²) in [4.78, 5) is 11.8. The molecule has 2 heterocycles. The van der Waals surface area contributed by atoms with Crippen molar-refractivity contribution in [1.29, 1.82) is 0 Å². The molecule has 2 aromatic heterocycles. The molecule has 0 bridgehead atoms. The van der Waals surface area contributed by atoms with Gasteiger partial charge in [-0.1, -0.05) is 61.3 Å². The molecule has 0 aliphatic rings. The summed E-state index contributed by atoms with van der Waals surface area (Å²) in [6, 6.07) is 16.9. The molecule has 0 saturated heterocycles. The summed E-state index contributed by atoms with van der Waals surface area (Å²) in [5.41, 5.74) is 3.83. The molecule has 0 aliphatic carbocycles. The molecule has 0 saturated carbocycles. The van der Waals surface area contributed by atoms with Crippen LogP contribution in [0.5, 0.6) is 0 Å². The predicted molar refractivity (Wildman–Crippen MR) is 145 cm³/mol. The number of anilines is 1. The average Bonchev–Trinajstić information content (AvgIpc) is 3.43. The lowest BCUT2D eigenvalue weighted by Crippen LogP contribution is -2.31. The van der Waals surface area contributed by atoms with E-state index in [1.54, 1.807) is 13.1 Å². The van der Waals surface area contributed by atoms with Crippen LogP contribution in [0.4, 0.5) is 5.82 Å². The van der Waals surface area contributed by atoms with E-state index in [0.29, 0.717) is 23.2 Å². The highest BCUT2D eigenvalue weighted by Gasteiger charge is 2.22. The summed E-state index contributed by atoms with van der Waals surface area (Å²) in [6.45, 7) is 3.21. The Morgan fingerprint density at radius 3 is 2.61 bits per heavy atom. The molecule has 2 aromatic carbocycles. The van der Waals surface area contributed by atoms with Crippen LogP contribution in [-0.4, -0.2) is 37.7 Å². The Kier molecular flexibility index (Phi) is 8.30. The van der Waals surface area contributed by atoms with Crippen LogP contribution < -0.4 is 15.4 Å². The smallest absolute Gasteiger partial charge is 0.272 e. The van der Waals surface area contributed by atoms with Gasteiger partial charge in [0.1, 0.15) is 4.21 Å². The zero-order chi connectivity index (χ0) is 25.7. The van der Waals surface area contributed by atoms with Gasteiger partial charge in [0.15, 0.2) is 5.82 Å². The number of benzene rings is 2. The molecule has 4 rings (SSSR count). The van der Waals surface area contributed by atoms with Crippen LogP contribution in [-0.2, 0) is 34.3 Å². The second kappa shape index (κ2) is 11.4. The molecule has 0 aliphatic heterocycles. The molecule has 11 heteroatoms. The predicted octanol–water partition coefficient (Wildman–Crippen LogP) is 4.39. The van der Waals surface area contributed by atoms with Crippen molar-refractivity contribution in [3.8, 4) is 0 Å². The van der Waals surface area contributed by atoms with Crippen molar-refractivity contribution < 1.29 is 13.2 Å². The molecular formula is C25H28ClN5O3S2. The number of carbonyl (C=O) groups is 1. The van der Waals surface area contributed by atoms with Crippen molar-refractivity contribution in [3.05, 3.63) is 75.6 Å². The summed E-state index contributed by atoms with van der Waals surface area (Å²) in [6.07, 6.45) is 1.71. The second-order valence-electron chi connectivity index (χ2n) is 8.36. The van der Waals surface area contributed by atoms with Gasteiger partial charge >= 0.3 is 0 Å². The summed E-state index contributed by atoms with van der Waals surface area (Å²) >= 11 is 6.97. The minimum absolute atomic E-state index is 0.0756. The average molecular weight is 546 g/mol. The highest BCUT2D eigenvalue weighted by Crippen LogP contribution is 2.32. The van der Waals surface area contributed by atoms with Gasteiger partial charge in [-0.2, -0.15) is 5.10 Å². The first-order chi connectivity index (χ1) is 17.3. The first-order valence-electron chi connectivity index (χ1n) is 11.6. The quantitative estimate of drug-likeness (QED) is 0.259. The number of halogens is 1. The summed E-state index contributed by atoms with van der Waals surface area (Å²) in [5, 5.41) is 11.2. The van der Waals surface area contributed by atoms with Crippen LogP contribution in [0, 0.1) is 0 Å². The lowest BCUT2D eigenvalue weighted by Gasteiger charge is -2.08. The number of hydrogen-bond donors (Lipinski definition) is 3. The van der Waals surface area contributed by atoms with E-state index >= 15 is 0 Å². The van der Waals surface area contributed by atoms with E-state index in [9.17, 15) is 13.2 Å². The Bertz CT molecular complexity index is 1480. The van der Waals surface area contributed by atoms with Gasteiger partial charge in [-0.3, -0.25) is 14.2 Å². The molecule has 0 spiro atoms. The summed E-state index contributed by atoms with van der Waals surface area (Å²) in [7, 11) is -2.11. The van der Waals surface area contributed by atoms with Crippen LogP contribution >= 0.6 is 22.9 Å². The fourth-order valence-corrected chi connectivity index (χ4v) is 6.52. The van der Waals surface area contributed by atoms with Gasteiger partial charge in [0.05, 0.1) is 22.9 Å². The molecule has 8 nitrogen and oxygen atoms in total. The molecule has 36 heavy (non-hydrogen) atoms. The Hall–Kier alpha value is -2.92. The van der Waals surface area contributed by atoms with Crippen LogP contribution in [0.25, 0.3) is 10.9 Å². The molecule has 0 unspecified atom stereocenters. The Labute approximate surface area is 219 Å². The van der Waals surface area contributed by atoms with Gasteiger partial charge in [0.25, 0.3) is 10.0 Å². The lowest BCUT2D eigenvalue weighted by molar-refractivity contribution is -0.120. The van der Waals surface area contributed by atoms with E-state index in [0.717, 1.165) is 51.8 Å². The topological polar surface area (TPSA) is 105 Å². The van der Waals surface area contributed by atoms with Crippen LogP contribution in [0.2, 0.25) is 4.34 Å². The summed E-state index contributed by atoms with van der Waals surface area (Å²) < 4.78 is 31.2. The fraction of sp³-hybridized carbons (Fsp3) is 0.280. The zero-order valence-electron chi connectivity index (χ0n) is 20.0. The van der Waals surface area contributed by atoms with E-state index in [-0.39, 0.29) is 16.7 Å². The van der Waals surface area contributed by atoms with Gasteiger partial charge in [0.2, 0.25) is 5.91 Å². The lowest BCUT2D eigenvalue weighted by atomic mass is 10.1. The number of nitrogens with one attached hydrogen (secondary N) is 3. The van der Waals surface area contributed by atoms with Gasteiger partial charge in [-0.15, -0.1) is 11.3 Å². The number of carbonyl (C=O) groups excluding carboxylic acids is 1. The number of aryl methyl sites for hydroxylation is 1. The van der Waals surface area contributed by atoms with E-state index in [4.69, 9.17) is 16.7 Å². The van der Waals surface area contributed by atoms with Crippen molar-refractivity contribution >= 4 is 55.6 Å². The van der Waals surface area contributed by atoms with Gasteiger partial charge in [-0.05, 0) is 48.4 Å². The molecular weight excluding hydrogens is 518 g/mol. The Morgan fingerprint density at radius 1 is 1.11 bits per heavy atom. The molecule has 0 radical (unpaired) electrons. The van der Waals surface area contributed by atoms with E-state index in [2.05, 4.69) is 22.3 Å². The first kappa shape index (κ1) is 26.2. The number of rotatable bonds is 11. The largest absolute Gasteiger partial charge is 0.351 e. The maximum Gasteiger partial charge on any atom is 0.272 e. The van der Waals surface area contributed by atoms with Crippen molar-refractivity contribution in [2.75, 3.05) is 18.3 Å². The third-order valence-electron chi connectivity index (χ3n) is 5.58. The van der Waals surface area contributed by atoms with Crippen LogP contribution in [0.15, 0.2) is 58.8 Å². The van der Waals surface area contributed by atoms with Gasteiger partial charge in [0, 0.05) is 11.9 Å². The first-order valence-corrected chi connectivity index (χ1v) is 14.2. The Morgan fingerprint density at radius 2 is 1.89 bits per heavy atom. The molecule has 0 fully saturated rings. The zero-order valence-corrected chi connectivity index (χ0v) is 22.4. The number of thiophene rings is 1. The highest BCUT2D eigenvalue weighted by atomic mass is 35.5. The number of fused-ring (bicyclic) bond motifs is 1. The number of likely N-dealkylation sites (N-methyl/N-ethyl adjacent to an activating group) is 1. The number of sulfonamides is 1. The van der Waals surface area contributed by atoms with Crippen molar-refractivity contribution in [3.63, 3.8) is 0 Å². The van der Waals surface area contributed by atoms with Crippen molar-refractivity contribution in [2.45, 2.75) is 37.1 Å². The van der Waals surface area contributed by atoms with E-state index in [1.165, 1.54) is 6.07 Å². The van der Waals surface area contributed by atoms with Gasteiger partial charge < -0.3 is 10.6 Å². The van der Waals surface area contributed by atoms with Crippen LogP contribution in [0.1, 0.15) is 30.0 Å². The van der Waals surface area contributed by atoms with E-state index in [1.807, 2.05) is 47.1 Å². The number of nitrogens with zero attached hydrogens (tertiary/aromatic N) is 2. The highest BCUT2D eigenvalue weighted by molar-refractivity contribution is 7.94. The van der Waals surface area contributed by atoms with Crippen LogP contribution in [0.3, 0.4) is 0 Å². The van der Waals surface area contributed by atoms with E-state index < -0.39 is 10.0 Å². The molecule has 190 valence electrons. The number of hydrogen-bond acceptors (Lipinski definition) is 6. The van der Waals surface area contributed by atoms with Crippen molar-refractivity contribution in [1.82, 2.24) is 20.4 Å². The molecule has 3 N–H and O–H groups in total. The maximum atomic E-state index is 13.1. The second-order valence-corrected chi connectivity index (χ2v) is 12.0. The SMILES string of the molecule is CCCc1cccc2c1c(NS(=O)(=O)c1ccc(Cl)s1)nn2Cc1cccc(CNC(=O)CNC)c1. The minimum Gasteiger partial charge on any atom is -0.351 e. The molecule has 4 aromatic rings.